The predicted octanol–water partition coefficient (Wildman–Crippen LogP) is 2.80. The Balaban J connectivity index is 1.74. The van der Waals surface area contributed by atoms with Gasteiger partial charge in [-0.25, -0.2) is 4.79 Å². The molecule has 0 aliphatic carbocycles. The molecule has 5 atom stereocenters. The van der Waals surface area contributed by atoms with Gasteiger partial charge < -0.3 is 25.8 Å². The van der Waals surface area contributed by atoms with Crippen LogP contribution >= 0.6 is 11.6 Å². The third-order valence-corrected chi connectivity index (χ3v) is 8.55. The van der Waals surface area contributed by atoms with Crippen LogP contribution in [-0.4, -0.2) is 63.1 Å². The van der Waals surface area contributed by atoms with Crippen molar-refractivity contribution in [3.63, 3.8) is 0 Å². The van der Waals surface area contributed by atoms with E-state index in [9.17, 15) is 19.5 Å². The van der Waals surface area contributed by atoms with Crippen LogP contribution in [0.5, 0.6) is 0 Å². The summed E-state index contributed by atoms with van der Waals surface area (Å²) in [5, 5.41) is 18.1. The number of aliphatic hydroxyl groups excluding tert-OH is 1. The zero-order valence-electron chi connectivity index (χ0n) is 23.1. The molecule has 1 saturated heterocycles. The lowest BCUT2D eigenvalue weighted by Gasteiger charge is -2.30. The molecule has 0 spiro atoms. The smallest absolute Gasteiger partial charge is 0.407 e. The number of benzene rings is 1. The molecule has 13 heteroatoms. The molecule has 1 fully saturated rings. The lowest BCUT2D eigenvalue weighted by atomic mass is 9.96. The first-order chi connectivity index (χ1) is 19.6. The molecular formula is C28H37ClF2N4O5Si. The van der Waals surface area contributed by atoms with Crippen LogP contribution in [0.1, 0.15) is 56.3 Å². The average Bonchev–Trinajstić information content (AvgIpc) is 3.35. The van der Waals surface area contributed by atoms with Gasteiger partial charge in [0.05, 0.1) is 18.6 Å². The Morgan fingerprint density at radius 1 is 1.27 bits per heavy atom. The number of nitrogens with zero attached hydrogens (tertiary/aromatic N) is 1. The Hall–Kier alpha value is -3.09. The topological polar surface area (TPSA) is 130 Å². The van der Waals surface area contributed by atoms with Gasteiger partial charge in [-0.3, -0.25) is 14.6 Å². The van der Waals surface area contributed by atoms with Gasteiger partial charge in [0.1, 0.15) is 0 Å². The van der Waals surface area contributed by atoms with Gasteiger partial charge in [-0.05, 0) is 43.5 Å². The molecule has 3 rings (SSSR count). The van der Waals surface area contributed by atoms with Gasteiger partial charge in [0.25, 0.3) is 0 Å². The summed E-state index contributed by atoms with van der Waals surface area (Å²) in [7, 11) is 0.313. The number of nitrogens with one attached hydrogen (secondary N) is 3. The van der Waals surface area contributed by atoms with Crippen LogP contribution in [0, 0.1) is 11.8 Å². The summed E-state index contributed by atoms with van der Waals surface area (Å²) in [6.45, 7) is 2.18. The number of alkyl carbamates (subject to hydrolysis) is 1. The monoisotopic (exact) mass is 610 g/mol. The van der Waals surface area contributed by atoms with E-state index in [1.165, 1.54) is 42.7 Å². The number of rotatable bonds is 14. The SMILES string of the molecule is CCCC[C@@H](C(=O)N[C@H](CO)C[C@@H]1CCNC1=O)C([SiH3])NC(=O)OC(c1ccncc1)C(F)(F)c1cccc(Cl)c1. The fourth-order valence-corrected chi connectivity index (χ4v) is 5.96. The van der Waals surface area contributed by atoms with Crippen LogP contribution in [0.15, 0.2) is 48.8 Å². The molecule has 0 saturated carbocycles. The maximum absolute atomic E-state index is 15.7. The van der Waals surface area contributed by atoms with Crippen LogP contribution in [-0.2, 0) is 20.2 Å². The molecule has 0 radical (unpaired) electrons. The molecule has 41 heavy (non-hydrogen) atoms. The fraction of sp³-hybridized carbons (Fsp3) is 0.500. The number of alkyl halides is 2. The number of carbonyl (C=O) groups excluding carboxylic acids is 3. The van der Waals surface area contributed by atoms with E-state index in [0.29, 0.717) is 42.5 Å². The first-order valence-electron chi connectivity index (χ1n) is 13.8. The van der Waals surface area contributed by atoms with Gasteiger partial charge in [0, 0.05) is 56.9 Å². The molecule has 1 aliphatic rings. The molecule has 1 aliphatic heterocycles. The number of halogens is 3. The Kier molecular flexibility index (Phi) is 12.0. The third kappa shape index (κ3) is 8.94. The molecule has 1 aromatic heterocycles. The quantitative estimate of drug-likeness (QED) is 0.244. The molecule has 2 aromatic rings. The second kappa shape index (κ2) is 15.2. The maximum Gasteiger partial charge on any atom is 0.407 e. The normalized spacial score (nSPS) is 18.2. The van der Waals surface area contributed by atoms with Crippen molar-refractivity contribution in [1.82, 2.24) is 20.9 Å². The van der Waals surface area contributed by atoms with Crippen molar-refractivity contribution in [1.29, 1.82) is 0 Å². The number of hydrogen-bond donors (Lipinski definition) is 4. The van der Waals surface area contributed by atoms with Gasteiger partial charge in [0.15, 0.2) is 6.10 Å². The molecule has 0 bridgehead atoms. The fourth-order valence-electron chi connectivity index (χ4n) is 4.90. The number of aromatic nitrogens is 1. The molecule has 3 amide bonds. The Bertz CT molecular complexity index is 1180. The van der Waals surface area contributed by atoms with Crippen molar-refractivity contribution >= 4 is 39.8 Å². The van der Waals surface area contributed by atoms with E-state index in [0.717, 1.165) is 12.5 Å². The molecule has 9 nitrogen and oxygen atoms in total. The number of amides is 3. The highest BCUT2D eigenvalue weighted by atomic mass is 35.5. The minimum Gasteiger partial charge on any atom is -0.434 e. The summed E-state index contributed by atoms with van der Waals surface area (Å²) < 4.78 is 36.8. The molecule has 2 heterocycles. The third-order valence-electron chi connectivity index (χ3n) is 7.23. The van der Waals surface area contributed by atoms with Crippen molar-refractivity contribution in [3.8, 4) is 0 Å². The van der Waals surface area contributed by atoms with E-state index in [-0.39, 0.29) is 34.9 Å². The average molecular weight is 611 g/mol. The van der Waals surface area contributed by atoms with Crippen molar-refractivity contribution in [2.24, 2.45) is 11.8 Å². The van der Waals surface area contributed by atoms with Crippen molar-refractivity contribution in [2.75, 3.05) is 13.2 Å². The summed E-state index contributed by atoms with van der Waals surface area (Å²) in [5.41, 5.74) is -1.04. The number of hydrogen-bond acceptors (Lipinski definition) is 6. The van der Waals surface area contributed by atoms with Gasteiger partial charge >= 0.3 is 12.0 Å². The zero-order chi connectivity index (χ0) is 30.0. The molecule has 2 unspecified atom stereocenters. The van der Waals surface area contributed by atoms with Crippen LogP contribution in [0.2, 0.25) is 5.02 Å². The van der Waals surface area contributed by atoms with Crippen molar-refractivity contribution in [2.45, 2.75) is 62.8 Å². The van der Waals surface area contributed by atoms with Gasteiger partial charge in [0.2, 0.25) is 11.8 Å². The first kappa shape index (κ1) is 32.4. The maximum atomic E-state index is 15.7. The summed E-state index contributed by atoms with van der Waals surface area (Å²) in [6, 6.07) is 7.22. The van der Waals surface area contributed by atoms with E-state index in [1.54, 1.807) is 0 Å². The largest absolute Gasteiger partial charge is 0.434 e. The van der Waals surface area contributed by atoms with Crippen LogP contribution in [0.25, 0.3) is 0 Å². The second-order valence-corrected chi connectivity index (χ2v) is 12.0. The summed E-state index contributed by atoms with van der Waals surface area (Å²) >= 11 is 5.95. The highest BCUT2D eigenvalue weighted by molar-refractivity contribution is 6.30. The Labute approximate surface area is 246 Å². The standard InChI is InChI=1S/C28H37ClF2N4O5Si/c1-2-3-7-22(25(38)34-21(16-36)14-18-10-13-33-24(18)37)26(41)35-27(39)40-23(17-8-11-32-12-9-17)28(30,31)19-5-4-6-20(29)15-19/h4-6,8-9,11-12,15,18,21-23,26,36H,2-3,7,10,13-14,16H2,1,41H3,(H,33,37)(H,34,38)(H,35,39)/t18-,21-,22-,23?,26?/m0/s1. The van der Waals surface area contributed by atoms with Gasteiger partial charge in [-0.15, -0.1) is 0 Å². The molecule has 224 valence electrons. The second-order valence-electron chi connectivity index (χ2n) is 10.3. The zero-order valence-corrected chi connectivity index (χ0v) is 25.9. The van der Waals surface area contributed by atoms with E-state index in [2.05, 4.69) is 20.9 Å². The first-order valence-corrected chi connectivity index (χ1v) is 15.3. The van der Waals surface area contributed by atoms with Gasteiger partial charge in [-0.2, -0.15) is 8.78 Å². The highest BCUT2D eigenvalue weighted by Gasteiger charge is 2.46. The number of unbranched alkanes of at least 4 members (excludes halogenated alkanes) is 1. The molecule has 1 aromatic carbocycles. The lowest BCUT2D eigenvalue weighted by molar-refractivity contribution is -0.128. The number of aliphatic hydroxyl groups is 1. The minimum atomic E-state index is -3.63. The molecular weight excluding hydrogens is 574 g/mol. The van der Waals surface area contributed by atoms with Crippen molar-refractivity contribution in [3.05, 3.63) is 64.9 Å². The van der Waals surface area contributed by atoms with Crippen LogP contribution in [0.3, 0.4) is 0 Å². The van der Waals surface area contributed by atoms with E-state index >= 15 is 8.78 Å². The predicted molar refractivity (Wildman–Crippen MR) is 153 cm³/mol. The summed E-state index contributed by atoms with van der Waals surface area (Å²) in [5.74, 6) is -5.10. The Morgan fingerprint density at radius 2 is 2.00 bits per heavy atom. The summed E-state index contributed by atoms with van der Waals surface area (Å²) in [4.78, 5) is 42.1. The van der Waals surface area contributed by atoms with Gasteiger partial charge in [-0.1, -0.05) is 43.5 Å². The van der Waals surface area contributed by atoms with E-state index in [4.69, 9.17) is 16.3 Å². The number of carbonyl (C=O) groups is 3. The Morgan fingerprint density at radius 3 is 2.61 bits per heavy atom. The lowest BCUT2D eigenvalue weighted by Crippen LogP contribution is -2.51. The van der Waals surface area contributed by atoms with Crippen LogP contribution < -0.4 is 16.0 Å². The molecule has 4 N–H and O–H groups in total. The number of ether oxygens (including phenoxy) is 1. The van der Waals surface area contributed by atoms with E-state index in [1.807, 2.05) is 6.92 Å². The van der Waals surface area contributed by atoms with Crippen LogP contribution in [0.4, 0.5) is 13.6 Å². The van der Waals surface area contributed by atoms with Crippen molar-refractivity contribution < 1.29 is 33.0 Å². The summed E-state index contributed by atoms with van der Waals surface area (Å²) in [6.07, 6.45) is 2.41. The van der Waals surface area contributed by atoms with E-state index < -0.39 is 41.3 Å². The number of pyridine rings is 1. The minimum absolute atomic E-state index is 0.0343. The highest BCUT2D eigenvalue weighted by Crippen LogP contribution is 2.43.